The number of carbonyl (C=O) groups is 4. The monoisotopic (exact) mass is 825 g/mol. The number of aromatic nitrogens is 5. The van der Waals surface area contributed by atoms with Crippen LogP contribution in [0.5, 0.6) is 0 Å². The fourth-order valence-corrected chi connectivity index (χ4v) is 8.80. The minimum Gasteiger partial charge on any atom is -0.384 e. The first-order valence-corrected chi connectivity index (χ1v) is 20.6. The highest BCUT2D eigenvalue weighted by atomic mass is 16.3. The van der Waals surface area contributed by atoms with Crippen LogP contribution < -0.4 is 26.0 Å². The standard InChI is InChI=1S/C44H47N11O6/c1-4-17-53-40(58)33-24-45-43(49-38(33)55(53)36-7-5-6-35(47-36)44(2,3)61)46-28-8-10-29(11-9-28)51-21-19-50(20-22-51)25-27-16-18-52(26-27)30-12-13-31-32(23-30)42(60)54(41(31)59)34-14-15-37(56)48-39(34)57/h4-13,23-24,27,34,61H,1,14-22,25-26H2,2-3H3,(H,45,46,49)(H,48,56,57)/t27-,34?/m0/s1. The van der Waals surface area contributed by atoms with Crippen LogP contribution in [0, 0.1) is 5.92 Å². The number of nitrogens with zero attached hydrogens (tertiary/aromatic N) is 9. The van der Waals surface area contributed by atoms with E-state index >= 15 is 0 Å². The number of nitrogens with one attached hydrogen (secondary N) is 2. The first-order chi connectivity index (χ1) is 29.4. The second-order valence-electron chi connectivity index (χ2n) is 16.6. The van der Waals surface area contributed by atoms with E-state index in [4.69, 9.17) is 4.98 Å². The minimum atomic E-state index is -1.18. The SMILES string of the molecule is C=CCn1c(=O)c2cnc(Nc3ccc(N4CCN(C[C@@H]5CCN(c6ccc7c(c6)C(=O)N(C6CCC(=O)NC6=O)C7=O)C5)CC4)cc3)nc2n1-c1cccc(C(C)(C)O)n1. The highest BCUT2D eigenvalue weighted by molar-refractivity contribution is 6.23. The molecule has 5 aromatic rings. The van der Waals surface area contributed by atoms with Crippen molar-refractivity contribution in [3.8, 4) is 5.82 Å². The highest BCUT2D eigenvalue weighted by Crippen LogP contribution is 2.33. The Bertz CT molecular complexity index is 2640. The first-order valence-electron chi connectivity index (χ1n) is 20.6. The molecule has 2 aromatic carbocycles. The third-order valence-electron chi connectivity index (χ3n) is 12.0. The van der Waals surface area contributed by atoms with Crippen LogP contribution >= 0.6 is 0 Å². The normalized spacial score (nSPS) is 19.8. The molecule has 4 aliphatic heterocycles. The van der Waals surface area contributed by atoms with Gasteiger partial charge in [-0.15, -0.1) is 6.58 Å². The molecule has 9 rings (SSSR count). The van der Waals surface area contributed by atoms with Gasteiger partial charge in [0.2, 0.25) is 17.8 Å². The molecule has 3 saturated heterocycles. The summed E-state index contributed by atoms with van der Waals surface area (Å²) in [5.74, 6) is -0.789. The summed E-state index contributed by atoms with van der Waals surface area (Å²) in [6.45, 7) is 13.6. The molecule has 17 nitrogen and oxygen atoms in total. The number of amides is 4. The van der Waals surface area contributed by atoms with Crippen molar-refractivity contribution in [3.63, 3.8) is 0 Å². The Hall–Kier alpha value is -6.72. The van der Waals surface area contributed by atoms with Crippen LogP contribution in [0.2, 0.25) is 0 Å². The van der Waals surface area contributed by atoms with Gasteiger partial charge in [0.15, 0.2) is 11.5 Å². The van der Waals surface area contributed by atoms with E-state index in [1.165, 1.54) is 10.9 Å². The maximum Gasteiger partial charge on any atom is 0.278 e. The molecule has 4 amide bonds. The van der Waals surface area contributed by atoms with Crippen molar-refractivity contribution < 1.29 is 24.3 Å². The average molecular weight is 826 g/mol. The third kappa shape index (κ3) is 7.54. The Morgan fingerprint density at radius 2 is 1.64 bits per heavy atom. The molecule has 0 bridgehead atoms. The topological polar surface area (TPSA) is 191 Å². The van der Waals surface area contributed by atoms with Gasteiger partial charge in [0.25, 0.3) is 17.4 Å². The number of carbonyl (C=O) groups excluding carboxylic acids is 4. The van der Waals surface area contributed by atoms with Gasteiger partial charge >= 0.3 is 0 Å². The number of piperidine rings is 1. The molecular formula is C44H47N11O6. The number of imide groups is 2. The molecule has 7 heterocycles. The number of anilines is 4. The maximum absolute atomic E-state index is 13.4. The molecule has 2 atom stereocenters. The summed E-state index contributed by atoms with van der Waals surface area (Å²) in [5.41, 5.74) is 2.76. The predicted molar refractivity (Wildman–Crippen MR) is 228 cm³/mol. The molecule has 0 aliphatic carbocycles. The Morgan fingerprint density at radius 1 is 0.885 bits per heavy atom. The zero-order valence-electron chi connectivity index (χ0n) is 34.1. The second kappa shape index (κ2) is 15.7. The Labute approximate surface area is 351 Å². The first kappa shape index (κ1) is 39.7. The largest absolute Gasteiger partial charge is 0.384 e. The number of allylic oxidation sites excluding steroid dienone is 1. The lowest BCUT2D eigenvalue weighted by Crippen LogP contribution is -2.54. The molecule has 3 aromatic heterocycles. The summed E-state index contributed by atoms with van der Waals surface area (Å²) in [6.07, 6.45) is 4.37. The lowest BCUT2D eigenvalue weighted by Gasteiger charge is -2.37. The highest BCUT2D eigenvalue weighted by Gasteiger charge is 2.45. The molecule has 3 N–H and O–H groups in total. The van der Waals surface area contributed by atoms with Crippen LogP contribution in [-0.4, -0.2) is 115 Å². The van der Waals surface area contributed by atoms with Crippen LogP contribution in [0.1, 0.15) is 59.5 Å². The zero-order valence-corrected chi connectivity index (χ0v) is 34.1. The van der Waals surface area contributed by atoms with Crippen LogP contribution in [0.25, 0.3) is 16.9 Å². The summed E-state index contributed by atoms with van der Waals surface area (Å²) in [5, 5.41) is 16.5. The average Bonchev–Trinajstić information content (AvgIpc) is 3.90. The van der Waals surface area contributed by atoms with E-state index in [2.05, 4.69) is 54.0 Å². The molecule has 3 fully saturated rings. The second-order valence-corrected chi connectivity index (χ2v) is 16.6. The lowest BCUT2D eigenvalue weighted by molar-refractivity contribution is -0.136. The van der Waals surface area contributed by atoms with E-state index in [9.17, 15) is 29.1 Å². The summed E-state index contributed by atoms with van der Waals surface area (Å²) >= 11 is 0. The number of fused-ring (bicyclic) bond motifs is 2. The number of hydrogen-bond acceptors (Lipinski definition) is 13. The third-order valence-corrected chi connectivity index (χ3v) is 12.0. The molecule has 17 heteroatoms. The van der Waals surface area contributed by atoms with Crippen molar-refractivity contribution in [2.45, 2.75) is 51.3 Å². The van der Waals surface area contributed by atoms with Gasteiger partial charge < -0.3 is 20.2 Å². The number of piperazine rings is 1. The van der Waals surface area contributed by atoms with Gasteiger partial charge in [-0.1, -0.05) is 12.1 Å². The molecular weight excluding hydrogens is 779 g/mol. The fraction of sp³-hybridized carbons (Fsp3) is 0.364. The van der Waals surface area contributed by atoms with Crippen LogP contribution in [0.4, 0.5) is 23.0 Å². The van der Waals surface area contributed by atoms with E-state index in [0.717, 1.165) is 74.2 Å². The Kier molecular flexibility index (Phi) is 10.2. The van der Waals surface area contributed by atoms with Crippen molar-refractivity contribution in [1.82, 2.24) is 39.4 Å². The van der Waals surface area contributed by atoms with Gasteiger partial charge in [-0.25, -0.2) is 19.3 Å². The van der Waals surface area contributed by atoms with E-state index in [-0.39, 0.29) is 30.5 Å². The number of pyridine rings is 1. The summed E-state index contributed by atoms with van der Waals surface area (Å²) in [7, 11) is 0. The van der Waals surface area contributed by atoms with E-state index in [1.54, 1.807) is 54.9 Å². The fourth-order valence-electron chi connectivity index (χ4n) is 8.80. The molecule has 61 heavy (non-hydrogen) atoms. The quantitative estimate of drug-likeness (QED) is 0.130. The Morgan fingerprint density at radius 3 is 2.38 bits per heavy atom. The van der Waals surface area contributed by atoms with Gasteiger partial charge in [0.1, 0.15) is 17.0 Å². The van der Waals surface area contributed by atoms with Crippen LogP contribution in [0.15, 0.2) is 84.3 Å². The number of aliphatic hydroxyl groups is 1. The van der Waals surface area contributed by atoms with Gasteiger partial charge in [0, 0.05) is 75.5 Å². The predicted octanol–water partition coefficient (Wildman–Crippen LogP) is 3.18. The summed E-state index contributed by atoms with van der Waals surface area (Å²) in [4.78, 5) is 86.1. The molecule has 1 unspecified atom stereocenters. The van der Waals surface area contributed by atoms with Crippen molar-refractivity contribution in [2.75, 3.05) is 60.9 Å². The molecule has 0 saturated carbocycles. The van der Waals surface area contributed by atoms with Gasteiger partial charge in [0.05, 0.1) is 23.4 Å². The number of benzene rings is 2. The van der Waals surface area contributed by atoms with Crippen LogP contribution in [0.3, 0.4) is 0 Å². The van der Waals surface area contributed by atoms with Gasteiger partial charge in [-0.3, -0.25) is 39.1 Å². The zero-order chi connectivity index (χ0) is 42.6. The van der Waals surface area contributed by atoms with Crippen LogP contribution in [-0.2, 0) is 21.7 Å². The molecule has 0 radical (unpaired) electrons. The Balaban J connectivity index is 0.802. The molecule has 4 aliphatic rings. The molecule has 0 spiro atoms. The van der Waals surface area contributed by atoms with Gasteiger partial charge in [-0.05, 0) is 87.2 Å². The van der Waals surface area contributed by atoms with Crippen molar-refractivity contribution in [1.29, 1.82) is 0 Å². The van der Waals surface area contributed by atoms with Crippen molar-refractivity contribution in [3.05, 3.63) is 107 Å². The number of rotatable bonds is 11. The minimum absolute atomic E-state index is 0.0857. The van der Waals surface area contributed by atoms with Crippen molar-refractivity contribution >= 4 is 57.7 Å². The van der Waals surface area contributed by atoms with E-state index in [1.807, 2.05) is 18.2 Å². The smallest absolute Gasteiger partial charge is 0.278 e. The van der Waals surface area contributed by atoms with Crippen molar-refractivity contribution in [2.24, 2.45) is 5.92 Å². The molecule has 314 valence electrons. The number of hydrogen-bond donors (Lipinski definition) is 3. The maximum atomic E-state index is 13.4. The lowest BCUT2D eigenvalue weighted by atomic mass is 10.0. The van der Waals surface area contributed by atoms with E-state index < -0.39 is 35.3 Å². The van der Waals surface area contributed by atoms with E-state index in [0.29, 0.717) is 40.0 Å². The summed E-state index contributed by atoms with van der Waals surface area (Å²) < 4.78 is 3.13. The van der Waals surface area contributed by atoms with Gasteiger partial charge in [-0.2, -0.15) is 4.98 Å². The summed E-state index contributed by atoms with van der Waals surface area (Å²) in [6, 6.07) is 17.8.